The van der Waals surface area contributed by atoms with Crippen molar-refractivity contribution in [2.75, 3.05) is 11.9 Å². The van der Waals surface area contributed by atoms with Crippen LogP contribution in [0.1, 0.15) is 18.9 Å². The molecule has 1 heterocycles. The van der Waals surface area contributed by atoms with Crippen LogP contribution in [0.25, 0.3) is 0 Å². The maximum atomic E-state index is 8.65. The van der Waals surface area contributed by atoms with Gasteiger partial charge < -0.3 is 4.90 Å². The van der Waals surface area contributed by atoms with Gasteiger partial charge in [0.2, 0.25) is 0 Å². The Morgan fingerprint density at radius 2 is 2.33 bits per heavy atom. The van der Waals surface area contributed by atoms with E-state index in [0.717, 1.165) is 15.9 Å². The molecule has 1 unspecified atom stereocenters. The zero-order chi connectivity index (χ0) is 11.4. The number of pyridine rings is 1. The Hall–Kier alpha value is -1.08. The Labute approximate surface area is 98.9 Å². The monoisotopic (exact) mass is 267 g/mol. The van der Waals surface area contributed by atoms with Crippen LogP contribution in [-0.2, 0) is 0 Å². The quantitative estimate of drug-likeness (QED) is 0.846. The lowest BCUT2D eigenvalue weighted by Gasteiger charge is -2.25. The lowest BCUT2D eigenvalue weighted by molar-refractivity contribution is 0.692. The molecule has 0 bridgehead atoms. The van der Waals surface area contributed by atoms with Crippen molar-refractivity contribution in [3.63, 3.8) is 0 Å². The smallest absolute Gasteiger partial charge is 0.143 e. The molecule has 0 amide bonds. The van der Waals surface area contributed by atoms with E-state index in [1.807, 2.05) is 31.9 Å². The summed E-state index contributed by atoms with van der Waals surface area (Å²) in [6, 6.07) is 4.29. The van der Waals surface area contributed by atoms with E-state index >= 15 is 0 Å². The van der Waals surface area contributed by atoms with Gasteiger partial charge in [-0.05, 0) is 41.4 Å². The standard InChI is InChI=1S/C11H14BrN3/c1-8-5-7-14-11(10(8)12)15(3)9(2)4-6-13/h5,7,9H,4H2,1-3H3. The fourth-order valence-electron chi connectivity index (χ4n) is 1.25. The second-order valence-electron chi connectivity index (χ2n) is 3.59. The number of rotatable bonds is 3. The van der Waals surface area contributed by atoms with Crippen molar-refractivity contribution >= 4 is 21.7 Å². The third kappa shape index (κ3) is 2.69. The third-order valence-electron chi connectivity index (χ3n) is 2.45. The number of halogens is 1. The van der Waals surface area contributed by atoms with E-state index in [0.29, 0.717) is 6.42 Å². The number of anilines is 1. The Morgan fingerprint density at radius 1 is 1.67 bits per heavy atom. The van der Waals surface area contributed by atoms with Crippen LogP contribution >= 0.6 is 15.9 Å². The molecule has 0 saturated carbocycles. The first kappa shape index (κ1) is 12.0. The van der Waals surface area contributed by atoms with Gasteiger partial charge in [-0.2, -0.15) is 5.26 Å². The van der Waals surface area contributed by atoms with Gasteiger partial charge in [-0.25, -0.2) is 4.98 Å². The molecule has 0 aliphatic rings. The highest BCUT2D eigenvalue weighted by Crippen LogP contribution is 2.27. The molecule has 0 radical (unpaired) electrons. The molecule has 1 atom stereocenters. The Bertz CT molecular complexity index is 384. The number of hydrogen-bond acceptors (Lipinski definition) is 3. The summed E-state index contributed by atoms with van der Waals surface area (Å²) in [6.07, 6.45) is 2.28. The summed E-state index contributed by atoms with van der Waals surface area (Å²) >= 11 is 3.51. The molecule has 1 aromatic rings. The van der Waals surface area contributed by atoms with E-state index in [1.165, 1.54) is 0 Å². The summed E-state index contributed by atoms with van der Waals surface area (Å²) in [7, 11) is 1.95. The average Bonchev–Trinajstić information content (AvgIpc) is 2.21. The molecule has 1 aromatic heterocycles. The predicted octanol–water partition coefficient (Wildman–Crippen LogP) is 2.89. The van der Waals surface area contributed by atoms with Gasteiger partial charge in [0.15, 0.2) is 0 Å². The summed E-state index contributed by atoms with van der Waals surface area (Å²) in [6.45, 7) is 4.04. The minimum atomic E-state index is 0.167. The van der Waals surface area contributed by atoms with Gasteiger partial charge in [-0.15, -0.1) is 0 Å². The summed E-state index contributed by atoms with van der Waals surface area (Å²) < 4.78 is 0.997. The van der Waals surface area contributed by atoms with Crippen molar-refractivity contribution in [3.8, 4) is 6.07 Å². The largest absolute Gasteiger partial charge is 0.355 e. The topological polar surface area (TPSA) is 39.9 Å². The second kappa shape index (κ2) is 5.13. The normalized spacial score (nSPS) is 11.9. The van der Waals surface area contributed by atoms with Gasteiger partial charge in [0.25, 0.3) is 0 Å². The summed E-state index contributed by atoms with van der Waals surface area (Å²) in [5, 5.41) is 8.65. The second-order valence-corrected chi connectivity index (χ2v) is 4.38. The van der Waals surface area contributed by atoms with Crippen molar-refractivity contribution in [1.29, 1.82) is 5.26 Å². The minimum Gasteiger partial charge on any atom is -0.355 e. The average molecular weight is 268 g/mol. The molecule has 0 spiro atoms. The van der Waals surface area contributed by atoms with Crippen LogP contribution in [0.15, 0.2) is 16.7 Å². The summed E-state index contributed by atoms with van der Waals surface area (Å²) in [5.74, 6) is 0.887. The molecule has 80 valence electrons. The van der Waals surface area contributed by atoms with Crippen LogP contribution in [0.2, 0.25) is 0 Å². The molecule has 0 aliphatic carbocycles. The van der Waals surface area contributed by atoms with Crippen molar-refractivity contribution < 1.29 is 0 Å². The van der Waals surface area contributed by atoms with E-state index in [1.54, 1.807) is 6.20 Å². The van der Waals surface area contributed by atoms with Crippen molar-refractivity contribution in [1.82, 2.24) is 4.98 Å². The van der Waals surface area contributed by atoms with Gasteiger partial charge in [0, 0.05) is 19.3 Å². The van der Waals surface area contributed by atoms with Gasteiger partial charge in [-0.1, -0.05) is 0 Å². The molecule has 0 saturated heterocycles. The number of aryl methyl sites for hydroxylation is 1. The SMILES string of the molecule is Cc1ccnc(N(C)C(C)CC#N)c1Br. The third-order valence-corrected chi connectivity index (χ3v) is 3.43. The van der Waals surface area contributed by atoms with E-state index in [4.69, 9.17) is 5.26 Å². The molecule has 15 heavy (non-hydrogen) atoms. The number of hydrogen-bond donors (Lipinski definition) is 0. The molecule has 3 nitrogen and oxygen atoms in total. The van der Waals surface area contributed by atoms with Crippen molar-refractivity contribution in [2.24, 2.45) is 0 Å². The number of aromatic nitrogens is 1. The Kier molecular flexibility index (Phi) is 4.10. The highest BCUT2D eigenvalue weighted by molar-refractivity contribution is 9.10. The van der Waals surface area contributed by atoms with E-state index in [-0.39, 0.29) is 6.04 Å². The van der Waals surface area contributed by atoms with Crippen LogP contribution in [-0.4, -0.2) is 18.1 Å². The fourth-order valence-corrected chi connectivity index (χ4v) is 1.76. The molecule has 0 aliphatic heterocycles. The van der Waals surface area contributed by atoms with E-state index in [9.17, 15) is 0 Å². The van der Waals surface area contributed by atoms with Gasteiger partial charge >= 0.3 is 0 Å². The first-order valence-corrected chi connectivity index (χ1v) is 5.58. The van der Waals surface area contributed by atoms with Gasteiger partial charge in [0.1, 0.15) is 5.82 Å². The zero-order valence-corrected chi connectivity index (χ0v) is 10.7. The summed E-state index contributed by atoms with van der Waals surface area (Å²) in [5.41, 5.74) is 1.15. The van der Waals surface area contributed by atoms with Crippen LogP contribution in [0.3, 0.4) is 0 Å². The Morgan fingerprint density at radius 3 is 2.93 bits per heavy atom. The first-order valence-electron chi connectivity index (χ1n) is 4.78. The van der Waals surface area contributed by atoms with Gasteiger partial charge in [0.05, 0.1) is 17.0 Å². The van der Waals surface area contributed by atoms with Crippen LogP contribution in [0.4, 0.5) is 5.82 Å². The molecule has 0 fully saturated rings. The maximum Gasteiger partial charge on any atom is 0.143 e. The van der Waals surface area contributed by atoms with E-state index in [2.05, 4.69) is 27.0 Å². The zero-order valence-electron chi connectivity index (χ0n) is 9.16. The predicted molar refractivity (Wildman–Crippen MR) is 64.8 cm³/mol. The first-order chi connectivity index (χ1) is 7.07. The van der Waals surface area contributed by atoms with Crippen molar-refractivity contribution in [3.05, 3.63) is 22.3 Å². The fraction of sp³-hybridized carbons (Fsp3) is 0.455. The molecule has 1 rings (SSSR count). The molecular formula is C11H14BrN3. The molecule has 0 N–H and O–H groups in total. The Balaban J connectivity index is 2.96. The van der Waals surface area contributed by atoms with Gasteiger partial charge in [-0.3, -0.25) is 0 Å². The number of nitrogens with zero attached hydrogens (tertiary/aromatic N) is 3. The maximum absolute atomic E-state index is 8.65. The minimum absolute atomic E-state index is 0.167. The van der Waals surface area contributed by atoms with Crippen LogP contribution in [0.5, 0.6) is 0 Å². The van der Waals surface area contributed by atoms with E-state index < -0.39 is 0 Å². The molecule has 4 heteroatoms. The summed E-state index contributed by atoms with van der Waals surface area (Å²) in [4.78, 5) is 6.33. The molecular weight excluding hydrogens is 254 g/mol. The highest BCUT2D eigenvalue weighted by atomic mass is 79.9. The van der Waals surface area contributed by atoms with Crippen LogP contribution < -0.4 is 4.90 Å². The lowest BCUT2D eigenvalue weighted by Crippen LogP contribution is -2.29. The van der Waals surface area contributed by atoms with Crippen LogP contribution in [0, 0.1) is 18.3 Å². The lowest BCUT2D eigenvalue weighted by atomic mass is 10.2. The van der Waals surface area contributed by atoms with Crippen molar-refractivity contribution in [2.45, 2.75) is 26.3 Å². The molecule has 0 aromatic carbocycles. The number of nitriles is 1. The highest BCUT2D eigenvalue weighted by Gasteiger charge is 2.14.